The van der Waals surface area contributed by atoms with Crippen LogP contribution < -0.4 is 0 Å². The number of nitrogens with zero attached hydrogens (tertiary/aromatic N) is 3. The molecule has 3 nitrogen and oxygen atoms in total. The highest BCUT2D eigenvalue weighted by atomic mass is 32.1. The Hall–Kier alpha value is -3.63. The van der Waals surface area contributed by atoms with Crippen molar-refractivity contribution >= 4 is 42.4 Å². The smallest absolute Gasteiger partial charge is 0.116 e. The maximum Gasteiger partial charge on any atom is 0.116 e. The minimum atomic E-state index is 0.488. The van der Waals surface area contributed by atoms with Crippen molar-refractivity contribution in [2.75, 3.05) is 0 Å². The Morgan fingerprint density at radius 3 is 2.31 bits per heavy atom. The van der Waals surface area contributed by atoms with E-state index in [0.29, 0.717) is 5.92 Å². The van der Waals surface area contributed by atoms with Crippen molar-refractivity contribution in [2.24, 2.45) is 0 Å². The van der Waals surface area contributed by atoms with Gasteiger partial charge in [0.1, 0.15) is 6.33 Å². The SMILES string of the molecule is CC(C)c1cccc2c1sc1c(-c3ncnc4cc(-c5ccncc5)ccc34)cccc12. The lowest BCUT2D eigenvalue weighted by atomic mass is 9.99. The monoisotopic (exact) mass is 431 g/mol. The Kier molecular flexibility index (Phi) is 4.47. The number of pyridine rings is 1. The summed E-state index contributed by atoms with van der Waals surface area (Å²) >= 11 is 1.88. The summed E-state index contributed by atoms with van der Waals surface area (Å²) < 4.78 is 2.66. The molecule has 0 atom stereocenters. The molecular weight excluding hydrogens is 410 g/mol. The van der Waals surface area contributed by atoms with Crippen molar-refractivity contribution < 1.29 is 0 Å². The molecule has 0 bridgehead atoms. The lowest BCUT2D eigenvalue weighted by Gasteiger charge is -2.08. The molecular formula is C28H21N3S. The molecule has 0 fully saturated rings. The zero-order valence-electron chi connectivity index (χ0n) is 17.9. The van der Waals surface area contributed by atoms with E-state index in [4.69, 9.17) is 4.98 Å². The van der Waals surface area contributed by atoms with Crippen LogP contribution in [0.1, 0.15) is 25.3 Å². The van der Waals surface area contributed by atoms with Crippen LogP contribution in [0.2, 0.25) is 0 Å². The molecule has 32 heavy (non-hydrogen) atoms. The molecule has 3 aromatic carbocycles. The van der Waals surface area contributed by atoms with Gasteiger partial charge in [-0.15, -0.1) is 11.3 Å². The zero-order chi connectivity index (χ0) is 21.7. The lowest BCUT2D eigenvalue weighted by molar-refractivity contribution is 0.878. The number of fused-ring (bicyclic) bond motifs is 4. The molecule has 0 unspecified atom stereocenters. The van der Waals surface area contributed by atoms with Gasteiger partial charge in [-0.05, 0) is 46.9 Å². The first-order chi connectivity index (χ1) is 15.7. The van der Waals surface area contributed by atoms with E-state index < -0.39 is 0 Å². The summed E-state index contributed by atoms with van der Waals surface area (Å²) in [6, 6.07) is 23.7. The van der Waals surface area contributed by atoms with Gasteiger partial charge in [-0.1, -0.05) is 56.3 Å². The summed E-state index contributed by atoms with van der Waals surface area (Å²) in [4.78, 5) is 13.5. The fourth-order valence-electron chi connectivity index (χ4n) is 4.48. The van der Waals surface area contributed by atoms with Gasteiger partial charge >= 0.3 is 0 Å². The average Bonchev–Trinajstić information content (AvgIpc) is 3.23. The highest BCUT2D eigenvalue weighted by Crippen LogP contribution is 2.43. The molecule has 0 aliphatic heterocycles. The Labute approximate surface area is 190 Å². The highest BCUT2D eigenvalue weighted by molar-refractivity contribution is 7.26. The quantitative estimate of drug-likeness (QED) is 0.286. The van der Waals surface area contributed by atoms with Crippen LogP contribution in [-0.4, -0.2) is 15.0 Å². The third kappa shape index (κ3) is 2.99. The van der Waals surface area contributed by atoms with Gasteiger partial charge in [0.15, 0.2) is 0 Å². The highest BCUT2D eigenvalue weighted by Gasteiger charge is 2.16. The number of hydrogen-bond acceptors (Lipinski definition) is 4. The molecule has 0 radical (unpaired) electrons. The van der Waals surface area contributed by atoms with Gasteiger partial charge in [0.25, 0.3) is 0 Å². The standard InChI is InChI=1S/C28H21N3S/c1-17(2)20-5-3-6-21-22-7-4-8-24(28(22)32-27(20)21)26-23-10-9-19(15-25(23)30-16-31-26)18-11-13-29-14-12-18/h3-17H,1-2H3. The van der Waals surface area contributed by atoms with Gasteiger partial charge in [-0.25, -0.2) is 9.97 Å². The Morgan fingerprint density at radius 1 is 0.719 bits per heavy atom. The van der Waals surface area contributed by atoms with Crippen molar-refractivity contribution in [1.29, 1.82) is 0 Å². The molecule has 0 spiro atoms. The summed E-state index contributed by atoms with van der Waals surface area (Å²) in [6.45, 7) is 4.52. The van der Waals surface area contributed by atoms with Crippen LogP contribution in [0.4, 0.5) is 0 Å². The Bertz CT molecular complexity index is 1600. The fourth-order valence-corrected chi connectivity index (χ4v) is 5.96. The van der Waals surface area contributed by atoms with E-state index in [2.05, 4.69) is 78.4 Å². The van der Waals surface area contributed by atoms with Gasteiger partial charge in [-0.2, -0.15) is 0 Å². The van der Waals surface area contributed by atoms with Gasteiger partial charge in [0, 0.05) is 43.5 Å². The second-order valence-corrected chi connectivity index (χ2v) is 9.37. The second kappa shape index (κ2) is 7.50. The van der Waals surface area contributed by atoms with Crippen LogP contribution in [0.3, 0.4) is 0 Å². The lowest BCUT2D eigenvalue weighted by Crippen LogP contribution is -1.90. The number of benzene rings is 3. The van der Waals surface area contributed by atoms with Crippen LogP contribution in [0.25, 0.3) is 53.5 Å². The predicted molar refractivity (Wildman–Crippen MR) is 135 cm³/mol. The maximum atomic E-state index is 4.74. The number of aromatic nitrogens is 3. The molecule has 0 amide bonds. The predicted octanol–water partition coefficient (Wildman–Crippen LogP) is 7.85. The summed E-state index contributed by atoms with van der Waals surface area (Å²) in [5, 5.41) is 3.70. The molecule has 0 N–H and O–H groups in total. The normalized spacial score (nSPS) is 11.7. The van der Waals surface area contributed by atoms with Crippen molar-refractivity contribution in [3.63, 3.8) is 0 Å². The van der Waals surface area contributed by atoms with Crippen molar-refractivity contribution in [3.8, 4) is 22.4 Å². The largest absolute Gasteiger partial charge is 0.265 e. The first-order valence-electron chi connectivity index (χ1n) is 10.8. The van der Waals surface area contributed by atoms with E-state index >= 15 is 0 Å². The molecule has 0 aliphatic carbocycles. The first-order valence-corrected chi connectivity index (χ1v) is 11.6. The average molecular weight is 432 g/mol. The molecule has 6 aromatic rings. The van der Waals surface area contributed by atoms with Gasteiger partial charge in [0.2, 0.25) is 0 Å². The zero-order valence-corrected chi connectivity index (χ0v) is 18.7. The molecule has 0 aliphatic rings. The second-order valence-electron chi connectivity index (χ2n) is 8.35. The number of rotatable bonds is 3. The van der Waals surface area contributed by atoms with E-state index in [1.807, 2.05) is 35.9 Å². The number of hydrogen-bond donors (Lipinski definition) is 0. The molecule has 4 heteroatoms. The Balaban J connectivity index is 1.59. The van der Waals surface area contributed by atoms with Crippen molar-refractivity contribution in [1.82, 2.24) is 15.0 Å². The van der Waals surface area contributed by atoms with Crippen LogP contribution >= 0.6 is 11.3 Å². The molecule has 6 rings (SSSR count). The third-order valence-electron chi connectivity index (χ3n) is 6.08. The summed E-state index contributed by atoms with van der Waals surface area (Å²) in [5.41, 5.74) is 6.78. The van der Waals surface area contributed by atoms with Gasteiger partial charge < -0.3 is 0 Å². The van der Waals surface area contributed by atoms with E-state index in [9.17, 15) is 0 Å². The van der Waals surface area contributed by atoms with Gasteiger partial charge in [-0.3, -0.25) is 4.98 Å². The first kappa shape index (κ1) is 19.1. The minimum Gasteiger partial charge on any atom is -0.265 e. The molecule has 3 aromatic heterocycles. The summed E-state index contributed by atoms with van der Waals surface area (Å²) in [5.74, 6) is 0.488. The molecule has 0 saturated heterocycles. The number of thiophene rings is 1. The molecule has 154 valence electrons. The minimum absolute atomic E-state index is 0.488. The van der Waals surface area contributed by atoms with Crippen LogP contribution in [0, 0.1) is 0 Å². The van der Waals surface area contributed by atoms with Gasteiger partial charge in [0.05, 0.1) is 11.2 Å². The van der Waals surface area contributed by atoms with Crippen LogP contribution in [-0.2, 0) is 0 Å². The van der Waals surface area contributed by atoms with Crippen molar-refractivity contribution in [3.05, 3.63) is 91.0 Å². The maximum absolute atomic E-state index is 4.74. The van der Waals surface area contributed by atoms with E-state index in [1.165, 1.54) is 31.3 Å². The summed E-state index contributed by atoms with van der Waals surface area (Å²) in [6.07, 6.45) is 5.32. The van der Waals surface area contributed by atoms with Crippen molar-refractivity contribution in [2.45, 2.75) is 19.8 Å². The van der Waals surface area contributed by atoms with Crippen LogP contribution in [0.15, 0.2) is 85.5 Å². The molecule has 0 saturated carbocycles. The van der Waals surface area contributed by atoms with Crippen LogP contribution in [0.5, 0.6) is 0 Å². The topological polar surface area (TPSA) is 38.7 Å². The van der Waals surface area contributed by atoms with E-state index in [-0.39, 0.29) is 0 Å². The summed E-state index contributed by atoms with van der Waals surface area (Å²) in [7, 11) is 0. The van der Waals surface area contributed by atoms with E-state index in [0.717, 1.165) is 27.7 Å². The molecule has 3 heterocycles. The fraction of sp³-hybridized carbons (Fsp3) is 0.107. The Morgan fingerprint density at radius 2 is 1.50 bits per heavy atom. The van der Waals surface area contributed by atoms with E-state index in [1.54, 1.807) is 6.33 Å². The third-order valence-corrected chi connectivity index (χ3v) is 7.39.